The topological polar surface area (TPSA) is 76.8 Å². The van der Waals surface area contributed by atoms with Crippen LogP contribution in [0.4, 0.5) is 0 Å². The summed E-state index contributed by atoms with van der Waals surface area (Å²) in [6, 6.07) is 0. The van der Waals surface area contributed by atoms with E-state index in [1.165, 1.54) is 0 Å². The maximum atomic E-state index is 5.59. The van der Waals surface area contributed by atoms with Gasteiger partial charge in [-0.2, -0.15) is 10.2 Å². The summed E-state index contributed by atoms with van der Waals surface area (Å²) in [6.45, 7) is 4.97. The van der Waals surface area contributed by atoms with Crippen molar-refractivity contribution in [1.29, 1.82) is 0 Å². The lowest BCUT2D eigenvalue weighted by molar-refractivity contribution is 0.430. The van der Waals surface area contributed by atoms with Gasteiger partial charge in [0.25, 0.3) is 0 Å². The zero-order valence-electron chi connectivity index (χ0n) is 7.38. The van der Waals surface area contributed by atoms with Crippen LogP contribution in [0.5, 0.6) is 0 Å². The average molecular weight is 213 g/mol. The summed E-state index contributed by atoms with van der Waals surface area (Å²) >= 11 is 11.1. The van der Waals surface area contributed by atoms with Crippen molar-refractivity contribution >= 4 is 23.2 Å². The molecule has 0 saturated heterocycles. The van der Waals surface area contributed by atoms with Crippen LogP contribution < -0.4 is 11.5 Å². The van der Waals surface area contributed by atoms with Crippen LogP contribution in [0, 0.1) is 0 Å². The molecule has 0 heterocycles. The summed E-state index contributed by atoms with van der Waals surface area (Å²) in [4.78, 5) is -0.802. The van der Waals surface area contributed by atoms with Crippen molar-refractivity contribution in [2.24, 2.45) is 21.7 Å². The SMILES string of the molecule is CC(C)(N)N=NC(C)(N)C(Cl)Cl. The Balaban J connectivity index is 4.34. The molecular formula is C6H14Cl2N4. The zero-order valence-corrected chi connectivity index (χ0v) is 8.89. The third-order valence-corrected chi connectivity index (χ3v) is 1.85. The third-order valence-electron chi connectivity index (χ3n) is 0.965. The second-order valence-electron chi connectivity index (χ2n) is 3.38. The Morgan fingerprint density at radius 2 is 1.50 bits per heavy atom. The van der Waals surface area contributed by atoms with Gasteiger partial charge >= 0.3 is 0 Å². The first kappa shape index (κ1) is 12.1. The van der Waals surface area contributed by atoms with Crippen molar-refractivity contribution in [3.05, 3.63) is 0 Å². The summed E-state index contributed by atoms with van der Waals surface area (Å²) in [5.74, 6) is 0. The highest BCUT2D eigenvalue weighted by molar-refractivity contribution is 6.45. The molecule has 0 radical (unpaired) electrons. The van der Waals surface area contributed by atoms with E-state index in [0.717, 1.165) is 0 Å². The van der Waals surface area contributed by atoms with Gasteiger partial charge in [0, 0.05) is 0 Å². The molecule has 4 N–H and O–H groups in total. The lowest BCUT2D eigenvalue weighted by Crippen LogP contribution is -2.41. The minimum atomic E-state index is -1.08. The molecule has 0 fully saturated rings. The predicted octanol–water partition coefficient (Wildman–Crippen LogP) is 1.61. The van der Waals surface area contributed by atoms with Gasteiger partial charge in [0.15, 0.2) is 5.66 Å². The summed E-state index contributed by atoms with van der Waals surface area (Å²) < 4.78 is 0. The number of nitrogens with zero attached hydrogens (tertiary/aromatic N) is 2. The largest absolute Gasteiger partial charge is 0.306 e. The molecule has 0 aliphatic carbocycles. The molecule has 0 spiro atoms. The van der Waals surface area contributed by atoms with E-state index in [2.05, 4.69) is 10.2 Å². The lowest BCUT2D eigenvalue weighted by atomic mass is 10.3. The summed E-state index contributed by atoms with van der Waals surface area (Å²) in [5.41, 5.74) is 9.30. The first-order chi connectivity index (χ1) is 5.15. The number of alkyl halides is 2. The van der Waals surface area contributed by atoms with Crippen LogP contribution in [-0.2, 0) is 0 Å². The normalized spacial score (nSPS) is 18.7. The number of rotatable bonds is 3. The van der Waals surface area contributed by atoms with Crippen molar-refractivity contribution in [2.45, 2.75) is 36.9 Å². The fraction of sp³-hybridized carbons (Fsp3) is 1.00. The fourth-order valence-electron chi connectivity index (χ4n) is 0.280. The number of azo groups is 1. The Kier molecular flexibility index (Phi) is 3.90. The molecule has 4 nitrogen and oxygen atoms in total. The number of hydrogen-bond donors (Lipinski definition) is 2. The van der Waals surface area contributed by atoms with Gasteiger partial charge in [0.1, 0.15) is 10.5 Å². The molecule has 72 valence electrons. The van der Waals surface area contributed by atoms with Gasteiger partial charge in [0.2, 0.25) is 0 Å². The van der Waals surface area contributed by atoms with Gasteiger partial charge in [-0.3, -0.25) is 0 Å². The van der Waals surface area contributed by atoms with E-state index in [9.17, 15) is 0 Å². The van der Waals surface area contributed by atoms with E-state index in [-0.39, 0.29) is 0 Å². The van der Waals surface area contributed by atoms with Crippen LogP contribution in [-0.4, -0.2) is 16.2 Å². The number of halogens is 2. The molecule has 0 aliphatic rings. The molecule has 0 aromatic rings. The Labute approximate surface area is 82.3 Å². The van der Waals surface area contributed by atoms with Gasteiger partial charge in [-0.25, -0.2) is 0 Å². The highest BCUT2D eigenvalue weighted by Gasteiger charge is 2.27. The molecule has 12 heavy (non-hydrogen) atoms. The first-order valence-electron chi connectivity index (χ1n) is 3.45. The van der Waals surface area contributed by atoms with Crippen molar-refractivity contribution in [1.82, 2.24) is 0 Å². The van der Waals surface area contributed by atoms with Crippen LogP contribution >= 0.6 is 23.2 Å². The molecule has 0 aliphatic heterocycles. The Morgan fingerprint density at radius 3 is 1.75 bits per heavy atom. The Bertz CT molecular complexity index is 171. The summed E-state index contributed by atoms with van der Waals surface area (Å²) in [6.07, 6.45) is 0. The van der Waals surface area contributed by atoms with E-state index < -0.39 is 16.2 Å². The maximum Gasteiger partial charge on any atom is 0.156 e. The molecule has 6 heteroatoms. The Morgan fingerprint density at radius 1 is 1.08 bits per heavy atom. The highest BCUT2D eigenvalue weighted by Crippen LogP contribution is 2.19. The zero-order chi connectivity index (χ0) is 9.99. The molecule has 0 amide bonds. The average Bonchev–Trinajstić information content (AvgIpc) is 1.82. The molecule has 0 bridgehead atoms. The highest BCUT2D eigenvalue weighted by atomic mass is 35.5. The first-order valence-corrected chi connectivity index (χ1v) is 4.32. The number of nitrogens with two attached hydrogens (primary N) is 2. The van der Waals surface area contributed by atoms with E-state index >= 15 is 0 Å². The van der Waals surface area contributed by atoms with E-state index in [4.69, 9.17) is 34.7 Å². The monoisotopic (exact) mass is 212 g/mol. The summed E-state index contributed by atoms with van der Waals surface area (Å²) in [5, 5.41) is 7.50. The van der Waals surface area contributed by atoms with E-state index in [1.807, 2.05) is 0 Å². The lowest BCUT2D eigenvalue weighted by Gasteiger charge is -2.21. The van der Waals surface area contributed by atoms with Crippen LogP contribution in [0.3, 0.4) is 0 Å². The van der Waals surface area contributed by atoms with Crippen molar-refractivity contribution in [3.63, 3.8) is 0 Å². The van der Waals surface area contributed by atoms with Gasteiger partial charge in [-0.1, -0.05) is 0 Å². The van der Waals surface area contributed by atoms with Crippen molar-refractivity contribution < 1.29 is 0 Å². The molecular weight excluding hydrogens is 199 g/mol. The quantitative estimate of drug-likeness (QED) is 0.551. The van der Waals surface area contributed by atoms with Crippen LogP contribution in [0.2, 0.25) is 0 Å². The predicted molar refractivity (Wildman–Crippen MR) is 51.2 cm³/mol. The van der Waals surface area contributed by atoms with Crippen molar-refractivity contribution in [3.8, 4) is 0 Å². The summed E-state index contributed by atoms with van der Waals surface area (Å²) in [7, 11) is 0. The van der Waals surface area contributed by atoms with Crippen molar-refractivity contribution in [2.75, 3.05) is 0 Å². The van der Waals surface area contributed by atoms with E-state index in [0.29, 0.717) is 0 Å². The second kappa shape index (κ2) is 3.87. The number of hydrogen-bond acceptors (Lipinski definition) is 4. The van der Waals surface area contributed by atoms with E-state index in [1.54, 1.807) is 20.8 Å². The van der Waals surface area contributed by atoms with Gasteiger partial charge in [0.05, 0.1) is 0 Å². The molecule has 1 atom stereocenters. The van der Waals surface area contributed by atoms with Crippen LogP contribution in [0.15, 0.2) is 10.2 Å². The molecule has 0 saturated carbocycles. The molecule has 0 aromatic carbocycles. The molecule has 1 unspecified atom stereocenters. The molecule has 0 rings (SSSR count). The van der Waals surface area contributed by atoms with Crippen LogP contribution in [0.1, 0.15) is 20.8 Å². The van der Waals surface area contributed by atoms with Crippen LogP contribution in [0.25, 0.3) is 0 Å². The molecule has 0 aromatic heterocycles. The minimum Gasteiger partial charge on any atom is -0.306 e. The minimum absolute atomic E-state index is 0.747. The third kappa shape index (κ3) is 4.87. The Hall–Kier alpha value is 0.1000. The fourth-order valence-corrected chi connectivity index (χ4v) is 0.368. The standard InChI is InChI=1S/C6H14Cl2N4/c1-5(2,9)11-12-6(3,10)4(7)8/h4H,9-10H2,1-3H3. The smallest absolute Gasteiger partial charge is 0.156 e. The second-order valence-corrected chi connectivity index (χ2v) is 4.48. The van der Waals surface area contributed by atoms with Gasteiger partial charge in [-0.05, 0) is 20.8 Å². The van der Waals surface area contributed by atoms with Gasteiger partial charge < -0.3 is 11.5 Å². The maximum absolute atomic E-state index is 5.59. The van der Waals surface area contributed by atoms with Gasteiger partial charge in [-0.15, -0.1) is 23.2 Å².